The molecule has 0 unspecified atom stereocenters. The molecular weight excluding hydrogens is 554 g/mol. The number of methoxy groups -OCH3 is 2. The van der Waals surface area contributed by atoms with Crippen LogP contribution in [0.15, 0.2) is 119 Å². The Bertz CT molecular complexity index is 1560. The zero-order valence-electron chi connectivity index (χ0n) is 21.5. The van der Waals surface area contributed by atoms with Gasteiger partial charge in [-0.25, -0.2) is 5.43 Å². The molecule has 194 valence electrons. The number of hydrogen-bond acceptors (Lipinski definition) is 4. The maximum Gasteiger partial charge on any atom is 0.271 e. The zero-order chi connectivity index (χ0) is 27.2. The van der Waals surface area contributed by atoms with Gasteiger partial charge in [0.25, 0.3) is 5.91 Å². The van der Waals surface area contributed by atoms with Crippen molar-refractivity contribution in [3.05, 3.63) is 125 Å². The largest absolute Gasteiger partial charge is 0.496 e. The van der Waals surface area contributed by atoms with E-state index in [2.05, 4.69) is 67.4 Å². The molecule has 0 fully saturated rings. The van der Waals surface area contributed by atoms with Crippen LogP contribution in [-0.4, -0.2) is 30.9 Å². The van der Waals surface area contributed by atoms with Gasteiger partial charge in [-0.05, 0) is 69.5 Å². The van der Waals surface area contributed by atoms with E-state index in [1.54, 1.807) is 32.4 Å². The minimum Gasteiger partial charge on any atom is -0.496 e. The van der Waals surface area contributed by atoms with E-state index in [0.29, 0.717) is 22.6 Å². The second-order valence-electron chi connectivity index (χ2n) is 8.65. The van der Waals surface area contributed by atoms with Crippen molar-refractivity contribution in [2.75, 3.05) is 14.2 Å². The number of nitrogens with one attached hydrogen (secondary N) is 1. The van der Waals surface area contributed by atoms with E-state index in [4.69, 9.17) is 9.47 Å². The van der Waals surface area contributed by atoms with Crippen LogP contribution in [0.25, 0.3) is 28.2 Å². The molecule has 0 saturated heterocycles. The number of benzene rings is 4. The zero-order valence-corrected chi connectivity index (χ0v) is 23.1. The van der Waals surface area contributed by atoms with E-state index >= 15 is 0 Å². The Morgan fingerprint density at radius 1 is 0.769 bits per heavy atom. The Morgan fingerprint density at radius 3 is 1.87 bits per heavy atom. The predicted molar refractivity (Wildman–Crippen MR) is 159 cm³/mol. The minimum absolute atomic E-state index is 0.316. The molecule has 0 spiro atoms. The second-order valence-corrected chi connectivity index (χ2v) is 9.50. The number of carbonyl (C=O) groups is 1. The fourth-order valence-corrected chi connectivity index (χ4v) is 4.88. The van der Waals surface area contributed by atoms with Gasteiger partial charge in [-0.1, -0.05) is 60.7 Å². The number of aromatic nitrogens is 1. The lowest BCUT2D eigenvalue weighted by Crippen LogP contribution is -2.17. The van der Waals surface area contributed by atoms with Gasteiger partial charge in [-0.15, -0.1) is 0 Å². The monoisotopic (exact) mass is 579 g/mol. The molecule has 0 aliphatic heterocycles. The number of rotatable bonds is 8. The molecule has 0 atom stereocenters. The van der Waals surface area contributed by atoms with Crippen LogP contribution in [0.4, 0.5) is 0 Å². The van der Waals surface area contributed by atoms with Gasteiger partial charge in [-0.3, -0.25) is 4.79 Å². The van der Waals surface area contributed by atoms with E-state index < -0.39 is 0 Å². The summed E-state index contributed by atoms with van der Waals surface area (Å²) in [6.07, 6.45) is 1.54. The maximum absolute atomic E-state index is 12.8. The van der Waals surface area contributed by atoms with E-state index in [9.17, 15) is 4.79 Å². The van der Waals surface area contributed by atoms with Gasteiger partial charge in [0.1, 0.15) is 11.5 Å². The van der Waals surface area contributed by atoms with Crippen molar-refractivity contribution < 1.29 is 14.3 Å². The summed E-state index contributed by atoms with van der Waals surface area (Å²) in [5, 5.41) is 4.13. The lowest BCUT2D eigenvalue weighted by Gasteiger charge is -2.15. The second kappa shape index (κ2) is 11.8. The van der Waals surface area contributed by atoms with E-state index in [-0.39, 0.29) is 5.91 Å². The fraction of sp³-hybridized carbons (Fsp3) is 0.0625. The average molecular weight is 580 g/mol. The summed E-state index contributed by atoms with van der Waals surface area (Å²) in [7, 11) is 3.15. The number of hydrazone groups is 1. The SMILES string of the molecule is COc1cc(OC)c(/C=N\NC(=O)c2ccc(-n3c(-c4ccccc4)ccc3-c3ccccc3)cc2)cc1Br. The summed E-state index contributed by atoms with van der Waals surface area (Å²) in [6, 6.07) is 35.8. The highest BCUT2D eigenvalue weighted by Crippen LogP contribution is 2.33. The van der Waals surface area contributed by atoms with E-state index in [1.165, 1.54) is 6.21 Å². The topological polar surface area (TPSA) is 64.8 Å². The van der Waals surface area contributed by atoms with Gasteiger partial charge in [0.2, 0.25) is 0 Å². The molecule has 7 heteroatoms. The molecule has 1 amide bonds. The first-order valence-corrected chi connectivity index (χ1v) is 13.1. The molecule has 39 heavy (non-hydrogen) atoms. The molecule has 5 rings (SSSR count). The van der Waals surface area contributed by atoms with Gasteiger partial charge >= 0.3 is 0 Å². The first-order chi connectivity index (χ1) is 19.1. The molecule has 0 radical (unpaired) electrons. The molecule has 5 aromatic rings. The summed E-state index contributed by atoms with van der Waals surface area (Å²) < 4.78 is 13.7. The fourth-order valence-electron chi connectivity index (χ4n) is 4.35. The van der Waals surface area contributed by atoms with E-state index in [1.807, 2.05) is 54.6 Å². The van der Waals surface area contributed by atoms with Crippen LogP contribution in [0.3, 0.4) is 0 Å². The quantitative estimate of drug-likeness (QED) is 0.154. The summed E-state index contributed by atoms with van der Waals surface area (Å²) in [6.45, 7) is 0. The molecule has 0 saturated carbocycles. The summed E-state index contributed by atoms with van der Waals surface area (Å²) in [5.41, 5.74) is 9.08. The number of carbonyl (C=O) groups excluding carboxylic acids is 1. The highest BCUT2D eigenvalue weighted by Gasteiger charge is 2.14. The third-order valence-electron chi connectivity index (χ3n) is 6.28. The molecule has 6 nitrogen and oxygen atoms in total. The average Bonchev–Trinajstić information content (AvgIpc) is 3.43. The Balaban J connectivity index is 1.40. The smallest absolute Gasteiger partial charge is 0.271 e. The van der Waals surface area contributed by atoms with Crippen LogP contribution < -0.4 is 14.9 Å². The van der Waals surface area contributed by atoms with Crippen molar-refractivity contribution in [3.8, 4) is 39.7 Å². The highest BCUT2D eigenvalue weighted by atomic mass is 79.9. The van der Waals surface area contributed by atoms with Crippen molar-refractivity contribution >= 4 is 28.1 Å². The number of hydrogen-bond donors (Lipinski definition) is 1. The first kappa shape index (κ1) is 26.0. The van der Waals surface area contributed by atoms with Crippen molar-refractivity contribution in [3.63, 3.8) is 0 Å². The first-order valence-electron chi connectivity index (χ1n) is 12.3. The van der Waals surface area contributed by atoms with Crippen molar-refractivity contribution in [1.82, 2.24) is 9.99 Å². The van der Waals surface area contributed by atoms with Crippen LogP contribution in [0.1, 0.15) is 15.9 Å². The number of ether oxygens (including phenoxy) is 2. The van der Waals surface area contributed by atoms with Gasteiger partial charge in [0, 0.05) is 22.9 Å². The lowest BCUT2D eigenvalue weighted by atomic mass is 10.1. The lowest BCUT2D eigenvalue weighted by molar-refractivity contribution is 0.0955. The Hall–Kier alpha value is -4.62. The molecular formula is C32H26BrN3O3. The van der Waals surface area contributed by atoms with Crippen LogP contribution in [0.2, 0.25) is 0 Å². The molecule has 4 aromatic carbocycles. The molecule has 1 aromatic heterocycles. The summed E-state index contributed by atoms with van der Waals surface area (Å²) in [5.74, 6) is 0.901. The van der Waals surface area contributed by atoms with Gasteiger partial charge in [-0.2, -0.15) is 5.10 Å². The summed E-state index contributed by atoms with van der Waals surface area (Å²) >= 11 is 3.46. The maximum atomic E-state index is 12.8. The van der Waals surface area contributed by atoms with Crippen LogP contribution in [0, 0.1) is 0 Å². The van der Waals surface area contributed by atoms with Crippen LogP contribution >= 0.6 is 15.9 Å². The van der Waals surface area contributed by atoms with Gasteiger partial charge in [0.15, 0.2) is 0 Å². The number of amides is 1. The van der Waals surface area contributed by atoms with E-state index in [0.717, 1.165) is 32.7 Å². The van der Waals surface area contributed by atoms with Gasteiger partial charge < -0.3 is 14.0 Å². The highest BCUT2D eigenvalue weighted by molar-refractivity contribution is 9.10. The minimum atomic E-state index is -0.316. The Morgan fingerprint density at radius 2 is 1.33 bits per heavy atom. The third kappa shape index (κ3) is 5.63. The predicted octanol–water partition coefficient (Wildman–Crippen LogP) is 7.35. The summed E-state index contributed by atoms with van der Waals surface area (Å²) in [4.78, 5) is 12.8. The Labute approximate surface area is 235 Å². The molecule has 0 aliphatic carbocycles. The van der Waals surface area contributed by atoms with Crippen LogP contribution in [-0.2, 0) is 0 Å². The third-order valence-corrected chi connectivity index (χ3v) is 6.90. The molecule has 1 heterocycles. The normalized spacial score (nSPS) is 10.9. The molecule has 0 bridgehead atoms. The number of halogens is 1. The molecule has 0 aliphatic rings. The number of nitrogens with zero attached hydrogens (tertiary/aromatic N) is 2. The molecule has 1 N–H and O–H groups in total. The van der Waals surface area contributed by atoms with Gasteiger partial charge in [0.05, 0.1) is 36.3 Å². The standard InChI is InChI=1S/C32H26BrN3O3/c1-38-30-20-31(39-2)27(33)19-25(30)21-34-35-32(37)24-13-15-26(16-14-24)36-28(22-9-5-3-6-10-22)17-18-29(36)23-11-7-4-8-12-23/h3-21H,1-2H3,(H,35,37)/b34-21-. The van der Waals surface area contributed by atoms with Crippen molar-refractivity contribution in [2.45, 2.75) is 0 Å². The van der Waals surface area contributed by atoms with Crippen molar-refractivity contribution in [1.29, 1.82) is 0 Å². The van der Waals surface area contributed by atoms with Crippen LogP contribution in [0.5, 0.6) is 11.5 Å². The Kier molecular flexibility index (Phi) is 7.89. The van der Waals surface area contributed by atoms with Crippen molar-refractivity contribution in [2.24, 2.45) is 5.10 Å².